The van der Waals surface area contributed by atoms with Crippen LogP contribution < -0.4 is 10.6 Å². The highest BCUT2D eigenvalue weighted by molar-refractivity contribution is 5.67. The molecule has 0 aromatic carbocycles. The van der Waals surface area contributed by atoms with Gasteiger partial charge < -0.3 is 20.5 Å². The Morgan fingerprint density at radius 3 is 2.39 bits per heavy atom. The van der Waals surface area contributed by atoms with Crippen LogP contribution in [0.25, 0.3) is 0 Å². The predicted molar refractivity (Wildman–Crippen MR) is 72.6 cm³/mol. The Morgan fingerprint density at radius 2 is 1.89 bits per heavy atom. The van der Waals surface area contributed by atoms with Gasteiger partial charge in [-0.2, -0.15) is 0 Å². The molecule has 0 aromatic heterocycles. The molecule has 5 nitrogen and oxygen atoms in total. The van der Waals surface area contributed by atoms with E-state index in [0.29, 0.717) is 12.5 Å². The number of carbonyl (C=O) groups excluding carboxylic acids is 1. The molecule has 0 rings (SSSR count). The van der Waals surface area contributed by atoms with E-state index >= 15 is 0 Å². The molecule has 0 fully saturated rings. The van der Waals surface area contributed by atoms with Crippen LogP contribution in [0.3, 0.4) is 0 Å². The van der Waals surface area contributed by atoms with Gasteiger partial charge in [-0.05, 0) is 46.6 Å². The molecule has 0 spiro atoms. The maximum Gasteiger partial charge on any atom is 0.407 e. The van der Waals surface area contributed by atoms with Gasteiger partial charge in [-0.15, -0.1) is 0 Å². The maximum atomic E-state index is 11.4. The van der Waals surface area contributed by atoms with E-state index in [-0.39, 0.29) is 18.7 Å². The number of nitrogens with one attached hydrogen (secondary N) is 2. The fourth-order valence-corrected chi connectivity index (χ4v) is 1.35. The topological polar surface area (TPSA) is 70.6 Å². The van der Waals surface area contributed by atoms with E-state index in [9.17, 15) is 4.79 Å². The summed E-state index contributed by atoms with van der Waals surface area (Å²) in [7, 11) is 0. The normalized spacial score (nSPS) is 15.0. The number of aliphatic hydroxyl groups is 1. The molecular weight excluding hydrogens is 232 g/mol. The number of rotatable bonds is 7. The summed E-state index contributed by atoms with van der Waals surface area (Å²) >= 11 is 0. The summed E-state index contributed by atoms with van der Waals surface area (Å²) in [6.45, 7) is 11.2. The summed E-state index contributed by atoms with van der Waals surface area (Å²) in [6, 6.07) is 0.179. The summed E-state index contributed by atoms with van der Waals surface area (Å²) in [6.07, 6.45) is 0.402. The van der Waals surface area contributed by atoms with Crippen molar-refractivity contribution in [2.45, 2.75) is 52.7 Å². The van der Waals surface area contributed by atoms with E-state index in [1.165, 1.54) is 0 Å². The first-order chi connectivity index (χ1) is 8.24. The molecular formula is C13H28N2O3. The van der Waals surface area contributed by atoms with Crippen LogP contribution >= 0.6 is 0 Å². The van der Waals surface area contributed by atoms with Crippen molar-refractivity contribution in [3.8, 4) is 0 Å². The number of amides is 1. The fourth-order valence-electron chi connectivity index (χ4n) is 1.35. The molecule has 0 bridgehead atoms. The number of carbonyl (C=O) groups is 1. The lowest BCUT2D eigenvalue weighted by atomic mass is 10.1. The predicted octanol–water partition coefficient (Wildman–Crippen LogP) is 1.51. The zero-order valence-corrected chi connectivity index (χ0v) is 12.2. The van der Waals surface area contributed by atoms with Gasteiger partial charge >= 0.3 is 6.09 Å². The highest BCUT2D eigenvalue weighted by Gasteiger charge is 2.16. The number of hydrogen-bond donors (Lipinski definition) is 3. The SMILES string of the molecule is CC(CCO)CNC(C)CNC(=O)OC(C)(C)C. The van der Waals surface area contributed by atoms with Crippen LogP contribution in [-0.2, 0) is 4.74 Å². The van der Waals surface area contributed by atoms with Crippen molar-refractivity contribution in [2.75, 3.05) is 19.7 Å². The number of ether oxygens (including phenoxy) is 1. The van der Waals surface area contributed by atoms with Gasteiger partial charge in [0.2, 0.25) is 0 Å². The molecule has 5 heteroatoms. The van der Waals surface area contributed by atoms with E-state index in [4.69, 9.17) is 9.84 Å². The van der Waals surface area contributed by atoms with Gasteiger partial charge in [0.1, 0.15) is 5.60 Å². The summed E-state index contributed by atoms with van der Waals surface area (Å²) < 4.78 is 5.14. The Hall–Kier alpha value is -0.810. The lowest BCUT2D eigenvalue weighted by Crippen LogP contribution is -2.42. The Labute approximate surface area is 110 Å². The second-order valence-corrected chi connectivity index (χ2v) is 5.81. The molecule has 0 heterocycles. The minimum atomic E-state index is -0.462. The molecule has 0 aliphatic heterocycles. The Bertz CT molecular complexity index is 239. The van der Waals surface area contributed by atoms with Crippen molar-refractivity contribution in [3.05, 3.63) is 0 Å². The van der Waals surface area contributed by atoms with Crippen LogP contribution in [0.1, 0.15) is 41.0 Å². The van der Waals surface area contributed by atoms with Gasteiger partial charge in [0, 0.05) is 19.2 Å². The molecule has 0 aliphatic rings. The standard InChI is InChI=1S/C13H28N2O3/c1-10(6-7-16)8-14-11(2)9-15-12(17)18-13(3,4)5/h10-11,14,16H,6-9H2,1-5H3,(H,15,17). The summed E-state index contributed by atoms with van der Waals surface area (Å²) in [4.78, 5) is 11.4. The number of aliphatic hydroxyl groups excluding tert-OH is 1. The zero-order chi connectivity index (χ0) is 14.2. The van der Waals surface area contributed by atoms with Crippen molar-refractivity contribution in [3.63, 3.8) is 0 Å². The van der Waals surface area contributed by atoms with Gasteiger partial charge in [0.15, 0.2) is 0 Å². The quantitative estimate of drug-likeness (QED) is 0.649. The van der Waals surface area contributed by atoms with Crippen LogP contribution in [0.15, 0.2) is 0 Å². The minimum absolute atomic E-state index is 0.179. The lowest BCUT2D eigenvalue weighted by molar-refractivity contribution is 0.0523. The van der Waals surface area contributed by atoms with Crippen LogP contribution in [0.5, 0.6) is 0 Å². The smallest absolute Gasteiger partial charge is 0.407 e. The minimum Gasteiger partial charge on any atom is -0.444 e. The lowest BCUT2D eigenvalue weighted by Gasteiger charge is -2.21. The van der Waals surface area contributed by atoms with Gasteiger partial charge in [0.05, 0.1) is 0 Å². The van der Waals surface area contributed by atoms with E-state index in [1.807, 2.05) is 27.7 Å². The van der Waals surface area contributed by atoms with Gasteiger partial charge in [-0.25, -0.2) is 4.79 Å². The molecule has 0 radical (unpaired) electrons. The van der Waals surface area contributed by atoms with Gasteiger partial charge in [-0.1, -0.05) is 6.92 Å². The van der Waals surface area contributed by atoms with E-state index in [1.54, 1.807) is 0 Å². The second kappa shape index (κ2) is 8.32. The van der Waals surface area contributed by atoms with E-state index in [0.717, 1.165) is 13.0 Å². The average molecular weight is 260 g/mol. The molecule has 3 N–H and O–H groups in total. The first-order valence-corrected chi connectivity index (χ1v) is 6.55. The van der Waals surface area contributed by atoms with Crippen molar-refractivity contribution in [1.29, 1.82) is 0 Å². The third-order valence-corrected chi connectivity index (χ3v) is 2.39. The monoisotopic (exact) mass is 260 g/mol. The fraction of sp³-hybridized carbons (Fsp3) is 0.923. The molecule has 0 aliphatic carbocycles. The van der Waals surface area contributed by atoms with Gasteiger partial charge in [-0.3, -0.25) is 0 Å². The number of hydrogen-bond acceptors (Lipinski definition) is 4. The summed E-state index contributed by atoms with van der Waals surface area (Å²) in [5, 5.41) is 14.8. The highest BCUT2D eigenvalue weighted by atomic mass is 16.6. The van der Waals surface area contributed by atoms with Crippen molar-refractivity contribution < 1.29 is 14.6 Å². The number of alkyl carbamates (subject to hydrolysis) is 1. The molecule has 1 amide bonds. The van der Waals surface area contributed by atoms with Crippen LogP contribution in [0.4, 0.5) is 4.79 Å². The largest absolute Gasteiger partial charge is 0.444 e. The Balaban J connectivity index is 3.70. The second-order valence-electron chi connectivity index (χ2n) is 5.81. The third kappa shape index (κ3) is 10.4. The molecule has 2 unspecified atom stereocenters. The first-order valence-electron chi connectivity index (χ1n) is 6.55. The van der Waals surface area contributed by atoms with Crippen LogP contribution in [0.2, 0.25) is 0 Å². The molecule has 0 saturated heterocycles. The van der Waals surface area contributed by atoms with Crippen LogP contribution in [-0.4, -0.2) is 42.5 Å². The molecule has 0 saturated carbocycles. The molecule has 18 heavy (non-hydrogen) atoms. The Morgan fingerprint density at radius 1 is 1.28 bits per heavy atom. The average Bonchev–Trinajstić information content (AvgIpc) is 2.21. The van der Waals surface area contributed by atoms with Crippen molar-refractivity contribution in [1.82, 2.24) is 10.6 Å². The van der Waals surface area contributed by atoms with Crippen molar-refractivity contribution in [2.24, 2.45) is 5.92 Å². The van der Waals surface area contributed by atoms with Crippen molar-refractivity contribution >= 4 is 6.09 Å². The summed E-state index contributed by atoms with van der Waals surface area (Å²) in [5.74, 6) is 0.430. The molecule has 0 aromatic rings. The first kappa shape index (κ1) is 17.2. The zero-order valence-electron chi connectivity index (χ0n) is 12.2. The maximum absolute atomic E-state index is 11.4. The van der Waals surface area contributed by atoms with E-state index < -0.39 is 5.60 Å². The Kier molecular flexibility index (Phi) is 7.95. The summed E-state index contributed by atoms with van der Waals surface area (Å²) in [5.41, 5.74) is -0.462. The molecule has 108 valence electrons. The van der Waals surface area contributed by atoms with Gasteiger partial charge in [0.25, 0.3) is 0 Å². The van der Waals surface area contributed by atoms with E-state index in [2.05, 4.69) is 17.6 Å². The molecule has 2 atom stereocenters. The van der Waals surface area contributed by atoms with Crippen LogP contribution in [0, 0.1) is 5.92 Å². The third-order valence-electron chi connectivity index (χ3n) is 2.39. The highest BCUT2D eigenvalue weighted by Crippen LogP contribution is 2.06.